The third-order valence-corrected chi connectivity index (χ3v) is 3.83. The van der Waals surface area contributed by atoms with Crippen LogP contribution in [0.4, 0.5) is 5.69 Å². The van der Waals surface area contributed by atoms with Crippen LogP contribution in [0, 0.1) is 0 Å². The van der Waals surface area contributed by atoms with E-state index in [1.807, 2.05) is 13.8 Å². The number of hydrogen-bond donors (Lipinski definition) is 3. The van der Waals surface area contributed by atoms with Crippen LogP contribution in [-0.2, 0) is 4.79 Å². The van der Waals surface area contributed by atoms with Crippen molar-refractivity contribution in [2.75, 3.05) is 31.5 Å². The lowest BCUT2D eigenvalue weighted by Crippen LogP contribution is -2.58. The molecule has 0 spiro atoms. The average Bonchev–Trinajstić information content (AvgIpc) is 2.48. The minimum atomic E-state index is -1.01. The molecule has 0 radical (unpaired) electrons. The normalized spacial score (nSPS) is 16.5. The van der Waals surface area contributed by atoms with Gasteiger partial charge in [-0.25, -0.2) is 4.79 Å². The highest BCUT2D eigenvalue weighted by Crippen LogP contribution is 2.19. The number of hydrogen-bond acceptors (Lipinski definition) is 4. The number of amides is 1. The number of benzene rings is 1. The molecule has 1 aliphatic rings. The lowest BCUT2D eigenvalue weighted by molar-refractivity contribution is -0.126. The molecule has 1 aliphatic heterocycles. The summed E-state index contributed by atoms with van der Waals surface area (Å²) in [5.41, 5.74) is 0.0253. The zero-order valence-corrected chi connectivity index (χ0v) is 12.3. The van der Waals surface area contributed by atoms with Gasteiger partial charge in [-0.3, -0.25) is 9.69 Å². The second kappa shape index (κ2) is 6.24. The zero-order chi connectivity index (χ0) is 15.5. The van der Waals surface area contributed by atoms with E-state index in [1.165, 1.54) is 12.1 Å². The Morgan fingerprint density at radius 2 is 1.95 bits per heavy atom. The highest BCUT2D eigenvalue weighted by Gasteiger charge is 2.35. The molecule has 0 saturated carbocycles. The Hall–Kier alpha value is -1.92. The number of carboxylic acids is 1. The number of nitrogens with zero attached hydrogens (tertiary/aromatic N) is 1. The molecule has 2 rings (SSSR count). The van der Waals surface area contributed by atoms with E-state index in [-0.39, 0.29) is 11.5 Å². The Kier molecular flexibility index (Phi) is 4.59. The Morgan fingerprint density at radius 3 is 2.57 bits per heavy atom. The van der Waals surface area contributed by atoms with Crippen molar-refractivity contribution in [3.8, 4) is 0 Å². The molecule has 1 aromatic rings. The van der Waals surface area contributed by atoms with Crippen molar-refractivity contribution >= 4 is 17.6 Å². The summed E-state index contributed by atoms with van der Waals surface area (Å²) in [5, 5.41) is 15.0. The van der Waals surface area contributed by atoms with Gasteiger partial charge in [0.05, 0.1) is 11.1 Å². The maximum atomic E-state index is 12.5. The zero-order valence-electron chi connectivity index (χ0n) is 12.3. The predicted molar refractivity (Wildman–Crippen MR) is 80.6 cm³/mol. The number of rotatable bonds is 4. The van der Waals surface area contributed by atoms with Gasteiger partial charge in [-0.2, -0.15) is 0 Å². The first-order valence-electron chi connectivity index (χ1n) is 7.02. The van der Waals surface area contributed by atoms with Gasteiger partial charge in [0.2, 0.25) is 5.91 Å². The molecular weight excluding hydrogens is 270 g/mol. The number of anilines is 1. The average molecular weight is 291 g/mol. The van der Waals surface area contributed by atoms with Gasteiger partial charge in [0.1, 0.15) is 0 Å². The smallest absolute Gasteiger partial charge is 0.335 e. The topological polar surface area (TPSA) is 81.7 Å². The number of nitrogens with one attached hydrogen (secondary N) is 2. The van der Waals surface area contributed by atoms with Gasteiger partial charge >= 0.3 is 5.97 Å². The predicted octanol–water partition coefficient (Wildman–Crippen LogP) is 1.01. The van der Waals surface area contributed by atoms with Crippen molar-refractivity contribution in [3.63, 3.8) is 0 Å². The fraction of sp³-hybridized carbons (Fsp3) is 0.467. The largest absolute Gasteiger partial charge is 0.478 e. The Morgan fingerprint density at radius 1 is 1.29 bits per heavy atom. The van der Waals surface area contributed by atoms with Crippen molar-refractivity contribution in [2.45, 2.75) is 19.4 Å². The molecule has 1 aromatic carbocycles. The molecular formula is C15H21N3O3. The number of piperazine rings is 1. The van der Waals surface area contributed by atoms with Crippen LogP contribution < -0.4 is 10.6 Å². The monoisotopic (exact) mass is 291 g/mol. The molecule has 1 fully saturated rings. The fourth-order valence-electron chi connectivity index (χ4n) is 2.38. The minimum absolute atomic E-state index is 0.132. The van der Waals surface area contributed by atoms with Crippen molar-refractivity contribution in [1.82, 2.24) is 10.2 Å². The maximum absolute atomic E-state index is 12.5. The van der Waals surface area contributed by atoms with Crippen LogP contribution in [0.1, 0.15) is 24.2 Å². The molecule has 1 saturated heterocycles. The van der Waals surface area contributed by atoms with Crippen LogP contribution in [0.15, 0.2) is 24.3 Å². The van der Waals surface area contributed by atoms with Gasteiger partial charge < -0.3 is 15.7 Å². The molecule has 21 heavy (non-hydrogen) atoms. The van der Waals surface area contributed by atoms with Gasteiger partial charge in [0.25, 0.3) is 0 Å². The third kappa shape index (κ3) is 3.59. The van der Waals surface area contributed by atoms with Crippen LogP contribution in [0.2, 0.25) is 0 Å². The molecule has 6 nitrogen and oxygen atoms in total. The van der Waals surface area contributed by atoms with Gasteiger partial charge in [-0.05, 0) is 32.0 Å². The SMILES string of the molecule is CC(C)(C(=O)Nc1cccc(C(=O)O)c1)N1CCNCC1. The summed E-state index contributed by atoms with van der Waals surface area (Å²) in [7, 11) is 0. The summed E-state index contributed by atoms with van der Waals surface area (Å²) in [6.07, 6.45) is 0. The number of carbonyl (C=O) groups excluding carboxylic acids is 1. The van der Waals surface area contributed by atoms with E-state index < -0.39 is 11.5 Å². The van der Waals surface area contributed by atoms with Crippen LogP contribution in [0.25, 0.3) is 0 Å². The third-order valence-electron chi connectivity index (χ3n) is 3.83. The molecule has 0 unspecified atom stereocenters. The van der Waals surface area contributed by atoms with Crippen molar-refractivity contribution < 1.29 is 14.7 Å². The molecule has 0 atom stereocenters. The number of carbonyl (C=O) groups is 2. The van der Waals surface area contributed by atoms with E-state index in [4.69, 9.17) is 5.11 Å². The quantitative estimate of drug-likeness (QED) is 0.771. The van der Waals surface area contributed by atoms with Gasteiger partial charge in [-0.15, -0.1) is 0 Å². The first-order chi connectivity index (χ1) is 9.91. The summed E-state index contributed by atoms with van der Waals surface area (Å²) >= 11 is 0. The van der Waals surface area contributed by atoms with E-state index in [1.54, 1.807) is 12.1 Å². The Bertz CT molecular complexity index is 537. The van der Waals surface area contributed by atoms with Gasteiger partial charge in [-0.1, -0.05) is 6.07 Å². The number of aromatic carboxylic acids is 1. The van der Waals surface area contributed by atoms with Gasteiger partial charge in [0, 0.05) is 31.9 Å². The molecule has 3 N–H and O–H groups in total. The molecule has 0 aromatic heterocycles. The summed E-state index contributed by atoms with van der Waals surface area (Å²) in [5.74, 6) is -1.14. The molecule has 6 heteroatoms. The van der Waals surface area contributed by atoms with E-state index in [0.717, 1.165) is 26.2 Å². The second-order valence-corrected chi connectivity index (χ2v) is 5.64. The molecule has 114 valence electrons. The Labute approximate surface area is 124 Å². The first kappa shape index (κ1) is 15.5. The molecule has 1 heterocycles. The first-order valence-corrected chi connectivity index (χ1v) is 7.02. The minimum Gasteiger partial charge on any atom is -0.478 e. The van der Waals surface area contributed by atoms with Gasteiger partial charge in [0.15, 0.2) is 0 Å². The highest BCUT2D eigenvalue weighted by atomic mass is 16.4. The second-order valence-electron chi connectivity index (χ2n) is 5.64. The molecule has 1 amide bonds. The summed E-state index contributed by atoms with van der Waals surface area (Å²) in [6.45, 7) is 7.13. The van der Waals surface area contributed by atoms with E-state index in [0.29, 0.717) is 5.69 Å². The highest BCUT2D eigenvalue weighted by molar-refractivity contribution is 5.98. The van der Waals surface area contributed by atoms with Crippen molar-refractivity contribution in [3.05, 3.63) is 29.8 Å². The molecule has 0 bridgehead atoms. The Balaban J connectivity index is 2.09. The molecule has 0 aliphatic carbocycles. The van der Waals surface area contributed by atoms with Crippen LogP contribution >= 0.6 is 0 Å². The lowest BCUT2D eigenvalue weighted by Gasteiger charge is -2.39. The van der Waals surface area contributed by atoms with Crippen LogP contribution in [-0.4, -0.2) is 53.6 Å². The van der Waals surface area contributed by atoms with Crippen molar-refractivity contribution in [1.29, 1.82) is 0 Å². The van der Waals surface area contributed by atoms with E-state index >= 15 is 0 Å². The van der Waals surface area contributed by atoms with Crippen LogP contribution in [0.5, 0.6) is 0 Å². The standard InChI is InChI=1S/C15H21N3O3/c1-15(2,18-8-6-16-7-9-18)14(21)17-12-5-3-4-11(10-12)13(19)20/h3-5,10,16H,6-9H2,1-2H3,(H,17,21)(H,19,20). The lowest BCUT2D eigenvalue weighted by atomic mass is 10.00. The fourth-order valence-corrected chi connectivity index (χ4v) is 2.38. The van der Waals surface area contributed by atoms with Crippen molar-refractivity contribution in [2.24, 2.45) is 0 Å². The summed E-state index contributed by atoms with van der Waals surface area (Å²) < 4.78 is 0. The van der Waals surface area contributed by atoms with E-state index in [9.17, 15) is 9.59 Å². The van der Waals surface area contributed by atoms with E-state index in [2.05, 4.69) is 15.5 Å². The summed E-state index contributed by atoms with van der Waals surface area (Å²) in [6, 6.07) is 6.28. The summed E-state index contributed by atoms with van der Waals surface area (Å²) in [4.78, 5) is 25.6. The van der Waals surface area contributed by atoms with Crippen LogP contribution in [0.3, 0.4) is 0 Å². The number of carboxylic acid groups (broad SMARTS) is 1. The maximum Gasteiger partial charge on any atom is 0.335 e.